The Morgan fingerprint density at radius 2 is 1.93 bits per heavy atom. The van der Waals surface area contributed by atoms with Gasteiger partial charge in [0.05, 0.1) is 36.8 Å². The number of aromatic hydroxyl groups is 1. The number of nitrogens with zero attached hydrogens (tertiary/aromatic N) is 3. The lowest BCUT2D eigenvalue weighted by Crippen LogP contribution is -2.36. The molecule has 29 heavy (non-hydrogen) atoms. The summed E-state index contributed by atoms with van der Waals surface area (Å²) in [4.78, 5) is 27.1. The molecular formula is C21H26N4O4. The summed E-state index contributed by atoms with van der Waals surface area (Å²) < 4.78 is 10.9. The number of hydrogen-bond acceptors (Lipinski definition) is 7. The molecule has 0 aliphatic carbocycles. The van der Waals surface area contributed by atoms with Crippen LogP contribution in [0.4, 0.5) is 0 Å². The van der Waals surface area contributed by atoms with Gasteiger partial charge in [-0.25, -0.2) is 4.98 Å². The van der Waals surface area contributed by atoms with Crippen molar-refractivity contribution in [1.82, 2.24) is 14.9 Å². The number of nitrogens with one attached hydrogen (secondary N) is 1. The summed E-state index contributed by atoms with van der Waals surface area (Å²) >= 11 is 0. The number of methoxy groups -OCH3 is 2. The first-order valence-corrected chi connectivity index (χ1v) is 9.91. The zero-order valence-electron chi connectivity index (χ0n) is 16.8. The summed E-state index contributed by atoms with van der Waals surface area (Å²) in [5.74, 6) is 1.84. The van der Waals surface area contributed by atoms with Crippen LogP contribution in [0.5, 0.6) is 17.2 Å². The van der Waals surface area contributed by atoms with Crippen molar-refractivity contribution in [2.75, 3.05) is 27.3 Å². The molecule has 1 aromatic carbocycles. The Bertz CT molecular complexity index is 974. The molecule has 2 aliphatic heterocycles. The topological polar surface area (TPSA) is 100 Å². The summed E-state index contributed by atoms with van der Waals surface area (Å²) in [5, 5.41) is 9.85. The lowest BCUT2D eigenvalue weighted by atomic mass is 10.0. The molecule has 2 N–H and O–H groups in total. The third kappa shape index (κ3) is 3.98. The smallest absolute Gasteiger partial charge is 0.255 e. The maximum atomic E-state index is 12.8. The molecule has 0 unspecified atom stereocenters. The number of phenols is 1. The van der Waals surface area contributed by atoms with Crippen molar-refractivity contribution >= 4 is 5.71 Å². The van der Waals surface area contributed by atoms with Crippen molar-refractivity contribution in [3.63, 3.8) is 0 Å². The Kier molecular flexibility index (Phi) is 5.53. The molecule has 0 bridgehead atoms. The van der Waals surface area contributed by atoms with Crippen molar-refractivity contribution in [3.8, 4) is 17.2 Å². The highest BCUT2D eigenvalue weighted by molar-refractivity contribution is 5.97. The second-order valence-electron chi connectivity index (χ2n) is 7.41. The van der Waals surface area contributed by atoms with Gasteiger partial charge in [0.15, 0.2) is 5.82 Å². The van der Waals surface area contributed by atoms with E-state index in [1.54, 1.807) is 26.4 Å². The summed E-state index contributed by atoms with van der Waals surface area (Å²) in [6.07, 6.45) is 3.75. The van der Waals surface area contributed by atoms with Crippen LogP contribution in [-0.2, 0) is 19.5 Å². The maximum absolute atomic E-state index is 12.8. The van der Waals surface area contributed by atoms with E-state index in [0.717, 1.165) is 49.3 Å². The first-order valence-electron chi connectivity index (χ1n) is 9.91. The second-order valence-corrected chi connectivity index (χ2v) is 7.41. The van der Waals surface area contributed by atoms with Crippen molar-refractivity contribution in [3.05, 3.63) is 45.1 Å². The fourth-order valence-electron chi connectivity index (χ4n) is 3.99. The molecule has 0 amide bonds. The zero-order valence-corrected chi connectivity index (χ0v) is 16.8. The Morgan fingerprint density at radius 3 is 2.59 bits per heavy atom. The van der Waals surface area contributed by atoms with E-state index in [2.05, 4.69) is 14.9 Å². The third-order valence-corrected chi connectivity index (χ3v) is 5.52. The third-order valence-electron chi connectivity index (χ3n) is 5.52. The van der Waals surface area contributed by atoms with Crippen LogP contribution in [0.3, 0.4) is 0 Å². The highest BCUT2D eigenvalue weighted by Gasteiger charge is 2.24. The molecular weight excluding hydrogens is 372 g/mol. The van der Waals surface area contributed by atoms with Gasteiger partial charge in [0.25, 0.3) is 5.56 Å². The standard InChI is InChI=1S/C21H26N4O4/c1-28-18-9-13(26)10-19(29-2)15(18)12-25-8-6-16-14(11-25)21(27)24-20(23-16)17-5-3-4-7-22-17/h9-10,26H,3-8,11-12H2,1-2H3,(H,23,24,27). The van der Waals surface area contributed by atoms with Gasteiger partial charge in [-0.05, 0) is 19.3 Å². The Hall–Kier alpha value is -2.87. The van der Waals surface area contributed by atoms with Crippen molar-refractivity contribution in [2.24, 2.45) is 4.99 Å². The van der Waals surface area contributed by atoms with Gasteiger partial charge in [-0.3, -0.25) is 14.7 Å². The number of benzene rings is 1. The van der Waals surface area contributed by atoms with Crippen molar-refractivity contribution < 1.29 is 14.6 Å². The van der Waals surface area contributed by atoms with Gasteiger partial charge in [0.1, 0.15) is 17.2 Å². The molecule has 2 aromatic rings. The number of phenolic OH excluding ortho intramolecular Hbond substituents is 1. The Morgan fingerprint density at radius 1 is 1.17 bits per heavy atom. The normalized spacial score (nSPS) is 16.8. The second kappa shape index (κ2) is 8.24. The van der Waals surface area contributed by atoms with Gasteiger partial charge >= 0.3 is 0 Å². The molecule has 3 heterocycles. The summed E-state index contributed by atoms with van der Waals surface area (Å²) in [5.41, 5.74) is 3.23. The quantitative estimate of drug-likeness (QED) is 0.799. The number of fused-ring (bicyclic) bond motifs is 1. The van der Waals surface area contributed by atoms with E-state index < -0.39 is 0 Å². The number of hydrogen-bond donors (Lipinski definition) is 2. The van der Waals surface area contributed by atoms with Gasteiger partial charge < -0.3 is 19.6 Å². The summed E-state index contributed by atoms with van der Waals surface area (Å²) in [6.45, 7) is 2.61. The van der Waals surface area contributed by atoms with Crippen LogP contribution < -0.4 is 15.0 Å². The largest absolute Gasteiger partial charge is 0.508 e. The minimum Gasteiger partial charge on any atom is -0.508 e. The van der Waals surface area contributed by atoms with Crippen molar-refractivity contribution in [2.45, 2.75) is 38.8 Å². The molecule has 8 nitrogen and oxygen atoms in total. The van der Waals surface area contributed by atoms with Crippen LogP contribution in [0.15, 0.2) is 21.9 Å². The SMILES string of the molecule is COc1cc(O)cc(OC)c1CN1CCc2nc(C3=NCCCC3)[nH]c(=O)c2C1. The minimum atomic E-state index is -0.0902. The van der Waals surface area contributed by atoms with E-state index >= 15 is 0 Å². The molecule has 8 heteroatoms. The van der Waals surface area contributed by atoms with Crippen LogP contribution in [0.25, 0.3) is 0 Å². The molecule has 154 valence electrons. The van der Waals surface area contributed by atoms with E-state index in [1.807, 2.05) is 0 Å². The predicted octanol–water partition coefficient (Wildman–Crippen LogP) is 2.02. The van der Waals surface area contributed by atoms with E-state index in [9.17, 15) is 9.90 Å². The predicted molar refractivity (Wildman–Crippen MR) is 109 cm³/mol. The average Bonchev–Trinajstić information content (AvgIpc) is 2.75. The van der Waals surface area contributed by atoms with Gasteiger partial charge in [-0.1, -0.05) is 0 Å². The van der Waals surface area contributed by atoms with E-state index in [1.165, 1.54) is 0 Å². The molecule has 0 atom stereocenters. The monoisotopic (exact) mass is 398 g/mol. The highest BCUT2D eigenvalue weighted by Crippen LogP contribution is 2.35. The average molecular weight is 398 g/mol. The lowest BCUT2D eigenvalue weighted by molar-refractivity contribution is 0.233. The van der Waals surface area contributed by atoms with E-state index in [0.29, 0.717) is 42.4 Å². The summed E-state index contributed by atoms with van der Waals surface area (Å²) in [6, 6.07) is 3.14. The first-order chi connectivity index (χ1) is 14.1. The van der Waals surface area contributed by atoms with Crippen LogP contribution in [0.2, 0.25) is 0 Å². The molecule has 0 saturated heterocycles. The number of rotatable bonds is 5. The Balaban J connectivity index is 1.59. The lowest BCUT2D eigenvalue weighted by Gasteiger charge is -2.29. The molecule has 0 saturated carbocycles. The molecule has 0 spiro atoms. The van der Waals surface area contributed by atoms with E-state index in [-0.39, 0.29) is 11.3 Å². The maximum Gasteiger partial charge on any atom is 0.255 e. The molecule has 0 fully saturated rings. The van der Waals surface area contributed by atoms with Crippen LogP contribution in [0, 0.1) is 0 Å². The van der Waals surface area contributed by atoms with Gasteiger partial charge in [0.2, 0.25) is 0 Å². The number of aliphatic imine (C=N–C) groups is 1. The first kappa shape index (κ1) is 19.4. The number of aromatic amines is 1. The number of aromatic nitrogens is 2. The van der Waals surface area contributed by atoms with E-state index in [4.69, 9.17) is 14.5 Å². The highest BCUT2D eigenvalue weighted by atomic mass is 16.5. The van der Waals surface area contributed by atoms with Gasteiger partial charge in [0, 0.05) is 44.7 Å². The van der Waals surface area contributed by atoms with Gasteiger partial charge in [-0.2, -0.15) is 0 Å². The number of H-pyrrole nitrogens is 1. The fourth-order valence-corrected chi connectivity index (χ4v) is 3.99. The fraction of sp³-hybridized carbons (Fsp3) is 0.476. The molecule has 4 rings (SSSR count). The molecule has 2 aliphatic rings. The minimum absolute atomic E-state index is 0.0882. The summed E-state index contributed by atoms with van der Waals surface area (Å²) in [7, 11) is 3.13. The van der Waals surface area contributed by atoms with Crippen LogP contribution >= 0.6 is 0 Å². The zero-order chi connectivity index (χ0) is 20.4. The van der Waals surface area contributed by atoms with Crippen LogP contribution in [-0.4, -0.2) is 53.0 Å². The van der Waals surface area contributed by atoms with Crippen LogP contribution in [0.1, 0.15) is 41.9 Å². The molecule has 1 aromatic heterocycles. The Labute approximate surface area is 169 Å². The molecule has 0 radical (unpaired) electrons. The number of ether oxygens (including phenoxy) is 2. The van der Waals surface area contributed by atoms with Gasteiger partial charge in [-0.15, -0.1) is 0 Å². The van der Waals surface area contributed by atoms with Crippen molar-refractivity contribution in [1.29, 1.82) is 0 Å².